The van der Waals surface area contributed by atoms with Gasteiger partial charge in [-0.2, -0.15) is 23.5 Å². The van der Waals surface area contributed by atoms with Crippen LogP contribution in [0.5, 0.6) is 0 Å². The largest absolute Gasteiger partial charge is 0.156 e. The first-order chi connectivity index (χ1) is 10.9. The van der Waals surface area contributed by atoms with E-state index in [1.807, 2.05) is 0 Å². The summed E-state index contributed by atoms with van der Waals surface area (Å²) in [5, 5.41) is 0.772. The standard InChI is InChI=1S/C20H26S2/c1-2-3-14-20(22-16-19-12-8-5-9-13-19)17-21-15-18-10-6-4-7-11-18/h4-13,20H,2-3,14-17H2,1H3. The molecule has 0 aliphatic rings. The fourth-order valence-corrected chi connectivity index (χ4v) is 4.92. The molecule has 118 valence electrons. The topological polar surface area (TPSA) is 0 Å². The van der Waals surface area contributed by atoms with Crippen molar-refractivity contribution < 1.29 is 0 Å². The Morgan fingerprint density at radius 3 is 2.00 bits per heavy atom. The molecule has 0 N–H and O–H groups in total. The normalized spacial score (nSPS) is 12.2. The lowest BCUT2D eigenvalue weighted by Gasteiger charge is -2.16. The zero-order chi connectivity index (χ0) is 15.5. The number of thioether (sulfide) groups is 2. The summed E-state index contributed by atoms with van der Waals surface area (Å²) in [5.41, 5.74) is 2.89. The Labute approximate surface area is 144 Å². The van der Waals surface area contributed by atoms with E-state index >= 15 is 0 Å². The van der Waals surface area contributed by atoms with Crippen LogP contribution >= 0.6 is 23.5 Å². The van der Waals surface area contributed by atoms with Crippen molar-refractivity contribution in [3.05, 3.63) is 71.8 Å². The van der Waals surface area contributed by atoms with E-state index in [9.17, 15) is 0 Å². The summed E-state index contributed by atoms with van der Waals surface area (Å²) < 4.78 is 0. The van der Waals surface area contributed by atoms with Gasteiger partial charge in [0.2, 0.25) is 0 Å². The molecule has 22 heavy (non-hydrogen) atoms. The summed E-state index contributed by atoms with van der Waals surface area (Å²) in [6.45, 7) is 2.29. The molecule has 0 aromatic heterocycles. The first kappa shape index (κ1) is 17.5. The third-order valence-corrected chi connectivity index (χ3v) is 6.38. The van der Waals surface area contributed by atoms with Gasteiger partial charge < -0.3 is 0 Å². The van der Waals surface area contributed by atoms with Crippen LogP contribution in [0.25, 0.3) is 0 Å². The van der Waals surface area contributed by atoms with Gasteiger partial charge in [0.15, 0.2) is 0 Å². The zero-order valence-electron chi connectivity index (χ0n) is 13.4. The predicted molar refractivity (Wildman–Crippen MR) is 104 cm³/mol. The van der Waals surface area contributed by atoms with Gasteiger partial charge in [0.25, 0.3) is 0 Å². The Hall–Kier alpha value is -0.860. The number of rotatable bonds is 10. The molecule has 1 atom stereocenters. The minimum absolute atomic E-state index is 0.772. The fraction of sp³-hybridized carbons (Fsp3) is 0.400. The predicted octanol–water partition coefficient (Wildman–Crippen LogP) is 6.41. The van der Waals surface area contributed by atoms with Crippen molar-refractivity contribution in [1.82, 2.24) is 0 Å². The highest BCUT2D eigenvalue weighted by Crippen LogP contribution is 2.26. The average molecular weight is 331 g/mol. The Morgan fingerprint density at radius 1 is 0.818 bits per heavy atom. The molecule has 0 bridgehead atoms. The van der Waals surface area contributed by atoms with E-state index in [-0.39, 0.29) is 0 Å². The molecule has 1 unspecified atom stereocenters. The molecule has 0 aliphatic carbocycles. The van der Waals surface area contributed by atoms with Crippen LogP contribution in [0.15, 0.2) is 60.7 Å². The lowest BCUT2D eigenvalue weighted by molar-refractivity contribution is 0.717. The van der Waals surface area contributed by atoms with E-state index in [1.165, 1.54) is 36.1 Å². The molecular formula is C20H26S2. The van der Waals surface area contributed by atoms with Crippen molar-refractivity contribution in [2.75, 3.05) is 5.75 Å². The maximum Gasteiger partial charge on any atom is 0.0187 e. The Kier molecular flexibility index (Phi) is 8.59. The third kappa shape index (κ3) is 6.93. The van der Waals surface area contributed by atoms with Crippen molar-refractivity contribution in [2.45, 2.75) is 42.9 Å². The molecule has 2 aromatic rings. The summed E-state index contributed by atoms with van der Waals surface area (Å²) in [6.07, 6.45) is 3.99. The molecule has 0 heterocycles. The van der Waals surface area contributed by atoms with Gasteiger partial charge in [-0.1, -0.05) is 80.4 Å². The Morgan fingerprint density at radius 2 is 1.41 bits per heavy atom. The highest BCUT2D eigenvalue weighted by Gasteiger charge is 2.09. The monoisotopic (exact) mass is 330 g/mol. The van der Waals surface area contributed by atoms with Gasteiger partial charge in [-0.05, 0) is 17.5 Å². The van der Waals surface area contributed by atoms with E-state index in [0.717, 1.165) is 16.8 Å². The molecule has 2 rings (SSSR count). The first-order valence-corrected chi connectivity index (χ1v) is 10.4. The number of hydrogen-bond acceptors (Lipinski definition) is 2. The minimum Gasteiger partial charge on any atom is -0.156 e. The second-order valence-corrected chi connectivity index (χ2v) is 7.88. The van der Waals surface area contributed by atoms with Crippen LogP contribution in [0.3, 0.4) is 0 Å². The van der Waals surface area contributed by atoms with E-state index < -0.39 is 0 Å². The Balaban J connectivity index is 1.75. The van der Waals surface area contributed by atoms with Crippen LogP contribution in [-0.2, 0) is 11.5 Å². The van der Waals surface area contributed by atoms with Crippen molar-refractivity contribution in [2.24, 2.45) is 0 Å². The first-order valence-electron chi connectivity index (χ1n) is 8.15. The second kappa shape index (κ2) is 10.8. The lowest BCUT2D eigenvalue weighted by Crippen LogP contribution is -2.07. The van der Waals surface area contributed by atoms with Gasteiger partial charge in [0.05, 0.1) is 0 Å². The molecule has 0 saturated heterocycles. The van der Waals surface area contributed by atoms with Gasteiger partial charge in [-0.25, -0.2) is 0 Å². The van der Waals surface area contributed by atoms with Crippen LogP contribution in [0.1, 0.15) is 37.3 Å². The second-order valence-electron chi connectivity index (χ2n) is 5.56. The van der Waals surface area contributed by atoms with Crippen LogP contribution in [0.4, 0.5) is 0 Å². The van der Waals surface area contributed by atoms with Gasteiger partial charge >= 0.3 is 0 Å². The Bertz CT molecular complexity index is 496. The van der Waals surface area contributed by atoms with Crippen LogP contribution in [0.2, 0.25) is 0 Å². The average Bonchev–Trinajstić information content (AvgIpc) is 2.58. The molecular weight excluding hydrogens is 304 g/mol. The molecule has 2 aromatic carbocycles. The van der Waals surface area contributed by atoms with Crippen molar-refractivity contribution in [1.29, 1.82) is 0 Å². The molecule has 0 nitrogen and oxygen atoms in total. The van der Waals surface area contributed by atoms with Crippen molar-refractivity contribution in [3.8, 4) is 0 Å². The number of unbranched alkanes of at least 4 members (excludes halogenated alkanes) is 1. The molecule has 2 heteroatoms. The summed E-state index contributed by atoms with van der Waals surface area (Å²) in [4.78, 5) is 0. The van der Waals surface area contributed by atoms with Crippen molar-refractivity contribution in [3.63, 3.8) is 0 Å². The molecule has 0 spiro atoms. The highest BCUT2D eigenvalue weighted by atomic mass is 32.2. The van der Waals surface area contributed by atoms with Gasteiger partial charge in [-0.15, -0.1) is 0 Å². The molecule has 0 fully saturated rings. The van der Waals surface area contributed by atoms with Gasteiger partial charge in [0, 0.05) is 22.5 Å². The summed E-state index contributed by atoms with van der Waals surface area (Å²) >= 11 is 4.21. The van der Waals surface area contributed by atoms with Gasteiger partial charge in [-0.3, -0.25) is 0 Å². The molecule has 0 radical (unpaired) electrons. The maximum absolute atomic E-state index is 2.29. The summed E-state index contributed by atoms with van der Waals surface area (Å²) in [6, 6.07) is 21.7. The van der Waals surface area contributed by atoms with E-state index in [1.54, 1.807) is 0 Å². The third-order valence-electron chi connectivity index (χ3n) is 3.62. The van der Waals surface area contributed by atoms with Crippen LogP contribution in [0, 0.1) is 0 Å². The smallest absolute Gasteiger partial charge is 0.0187 e. The van der Waals surface area contributed by atoms with E-state index in [0.29, 0.717) is 0 Å². The van der Waals surface area contributed by atoms with E-state index in [2.05, 4.69) is 91.1 Å². The number of hydrogen-bond donors (Lipinski definition) is 0. The molecule has 0 saturated carbocycles. The van der Waals surface area contributed by atoms with Gasteiger partial charge in [0.1, 0.15) is 0 Å². The maximum atomic E-state index is 2.29. The summed E-state index contributed by atoms with van der Waals surface area (Å²) in [5.74, 6) is 3.53. The zero-order valence-corrected chi connectivity index (χ0v) is 15.0. The quantitative estimate of drug-likeness (QED) is 0.493. The minimum atomic E-state index is 0.772. The lowest BCUT2D eigenvalue weighted by atomic mass is 10.2. The molecule has 0 amide bonds. The van der Waals surface area contributed by atoms with E-state index in [4.69, 9.17) is 0 Å². The summed E-state index contributed by atoms with van der Waals surface area (Å²) in [7, 11) is 0. The highest BCUT2D eigenvalue weighted by molar-refractivity contribution is 8.02. The number of benzene rings is 2. The SMILES string of the molecule is CCCCC(CSCc1ccccc1)SCc1ccccc1. The van der Waals surface area contributed by atoms with Crippen molar-refractivity contribution >= 4 is 23.5 Å². The van der Waals surface area contributed by atoms with Crippen LogP contribution in [-0.4, -0.2) is 11.0 Å². The van der Waals surface area contributed by atoms with Crippen LogP contribution < -0.4 is 0 Å². The molecule has 0 aliphatic heterocycles. The fourth-order valence-electron chi connectivity index (χ4n) is 2.32.